The topological polar surface area (TPSA) is 38.3 Å². The molecular formula is C16H16BrNO2. The third kappa shape index (κ3) is 4.10. The number of hydrogen-bond acceptors (Lipinski definition) is 2. The molecule has 20 heavy (non-hydrogen) atoms. The van der Waals surface area contributed by atoms with Gasteiger partial charge in [0.1, 0.15) is 5.75 Å². The molecule has 0 aliphatic heterocycles. The van der Waals surface area contributed by atoms with E-state index in [1.165, 1.54) is 0 Å². The average molecular weight is 334 g/mol. The van der Waals surface area contributed by atoms with Crippen LogP contribution in [0.3, 0.4) is 0 Å². The number of benzene rings is 2. The van der Waals surface area contributed by atoms with Gasteiger partial charge in [0.25, 0.3) is 5.91 Å². The van der Waals surface area contributed by atoms with E-state index in [-0.39, 0.29) is 5.91 Å². The van der Waals surface area contributed by atoms with E-state index in [2.05, 4.69) is 21.2 Å². The van der Waals surface area contributed by atoms with Gasteiger partial charge in [0.15, 0.2) is 6.10 Å². The normalized spacial score (nSPS) is 11.8. The highest BCUT2D eigenvalue weighted by Crippen LogP contribution is 2.19. The van der Waals surface area contributed by atoms with E-state index >= 15 is 0 Å². The van der Waals surface area contributed by atoms with E-state index in [0.29, 0.717) is 5.75 Å². The summed E-state index contributed by atoms with van der Waals surface area (Å²) in [6, 6.07) is 15.1. The summed E-state index contributed by atoms with van der Waals surface area (Å²) in [4.78, 5) is 12.1. The van der Waals surface area contributed by atoms with Crippen LogP contribution in [0.5, 0.6) is 5.75 Å². The van der Waals surface area contributed by atoms with Crippen molar-refractivity contribution >= 4 is 27.5 Å². The molecule has 0 heterocycles. The monoisotopic (exact) mass is 333 g/mol. The molecule has 2 aromatic carbocycles. The van der Waals surface area contributed by atoms with Crippen LogP contribution in [0, 0.1) is 6.92 Å². The summed E-state index contributed by atoms with van der Waals surface area (Å²) >= 11 is 3.37. The number of amides is 1. The highest BCUT2D eigenvalue weighted by atomic mass is 79.9. The van der Waals surface area contributed by atoms with Gasteiger partial charge in [-0.3, -0.25) is 4.79 Å². The largest absolute Gasteiger partial charge is 0.481 e. The van der Waals surface area contributed by atoms with Gasteiger partial charge < -0.3 is 10.1 Å². The predicted molar refractivity (Wildman–Crippen MR) is 84.0 cm³/mol. The Labute approximate surface area is 127 Å². The quantitative estimate of drug-likeness (QED) is 0.912. The summed E-state index contributed by atoms with van der Waals surface area (Å²) in [5.74, 6) is 0.488. The van der Waals surface area contributed by atoms with E-state index in [9.17, 15) is 4.79 Å². The first kappa shape index (κ1) is 14.6. The van der Waals surface area contributed by atoms with Gasteiger partial charge in [-0.25, -0.2) is 0 Å². The minimum Gasteiger partial charge on any atom is -0.481 e. The van der Waals surface area contributed by atoms with Crippen molar-refractivity contribution in [3.05, 3.63) is 58.6 Å². The molecule has 4 heteroatoms. The fourth-order valence-corrected chi connectivity index (χ4v) is 2.14. The lowest BCUT2D eigenvalue weighted by molar-refractivity contribution is -0.122. The molecule has 1 atom stereocenters. The number of anilines is 1. The van der Waals surface area contributed by atoms with Crippen molar-refractivity contribution in [3.63, 3.8) is 0 Å². The van der Waals surface area contributed by atoms with E-state index in [0.717, 1.165) is 15.7 Å². The standard InChI is InChI=1S/C16H16BrNO2/c1-11-5-3-7-14(9-11)18-16(19)12(2)20-15-8-4-6-13(17)10-15/h3-10,12H,1-2H3,(H,18,19)/t12-/m1/s1. The number of nitrogens with one attached hydrogen (secondary N) is 1. The Hall–Kier alpha value is -1.81. The first-order valence-corrected chi connectivity index (χ1v) is 7.13. The summed E-state index contributed by atoms with van der Waals surface area (Å²) < 4.78 is 6.54. The smallest absolute Gasteiger partial charge is 0.265 e. The van der Waals surface area contributed by atoms with Gasteiger partial charge in [-0.15, -0.1) is 0 Å². The van der Waals surface area contributed by atoms with Crippen molar-refractivity contribution in [2.45, 2.75) is 20.0 Å². The molecule has 0 saturated heterocycles. The first-order chi connectivity index (χ1) is 9.54. The Bertz CT molecular complexity index is 613. The van der Waals surface area contributed by atoms with E-state index in [4.69, 9.17) is 4.74 Å². The van der Waals surface area contributed by atoms with Crippen molar-refractivity contribution in [1.82, 2.24) is 0 Å². The lowest BCUT2D eigenvalue weighted by Crippen LogP contribution is -2.30. The van der Waals surface area contributed by atoms with Gasteiger partial charge in [0.05, 0.1) is 0 Å². The zero-order chi connectivity index (χ0) is 14.5. The van der Waals surface area contributed by atoms with Crippen LogP contribution in [-0.4, -0.2) is 12.0 Å². The van der Waals surface area contributed by atoms with Gasteiger partial charge in [0.2, 0.25) is 0 Å². The Morgan fingerprint density at radius 3 is 2.65 bits per heavy atom. The lowest BCUT2D eigenvalue weighted by Gasteiger charge is -2.15. The van der Waals surface area contributed by atoms with E-state index in [1.54, 1.807) is 6.92 Å². The van der Waals surface area contributed by atoms with Crippen molar-refractivity contribution in [1.29, 1.82) is 0 Å². The number of halogens is 1. The third-order valence-electron chi connectivity index (χ3n) is 2.76. The zero-order valence-corrected chi connectivity index (χ0v) is 13.0. The summed E-state index contributed by atoms with van der Waals surface area (Å²) in [5, 5.41) is 2.84. The molecule has 0 unspecified atom stereocenters. The van der Waals surface area contributed by atoms with Crippen LogP contribution in [-0.2, 0) is 4.79 Å². The molecule has 3 nitrogen and oxygen atoms in total. The summed E-state index contributed by atoms with van der Waals surface area (Å²) in [5.41, 5.74) is 1.88. The molecule has 0 saturated carbocycles. The summed E-state index contributed by atoms with van der Waals surface area (Å²) in [6.07, 6.45) is -0.565. The lowest BCUT2D eigenvalue weighted by atomic mass is 10.2. The fraction of sp³-hybridized carbons (Fsp3) is 0.188. The van der Waals surface area contributed by atoms with E-state index < -0.39 is 6.10 Å². The first-order valence-electron chi connectivity index (χ1n) is 6.34. The Morgan fingerprint density at radius 2 is 1.95 bits per heavy atom. The maximum atomic E-state index is 12.1. The van der Waals surface area contributed by atoms with Gasteiger partial charge in [-0.1, -0.05) is 34.1 Å². The molecule has 0 aliphatic carbocycles. The maximum absolute atomic E-state index is 12.1. The van der Waals surface area contributed by atoms with Gasteiger partial charge in [-0.2, -0.15) is 0 Å². The van der Waals surface area contributed by atoms with Crippen molar-refractivity contribution in [2.75, 3.05) is 5.32 Å². The number of rotatable bonds is 4. The number of aryl methyl sites for hydroxylation is 1. The molecule has 0 radical (unpaired) electrons. The molecule has 1 amide bonds. The van der Waals surface area contributed by atoms with Crippen molar-refractivity contribution in [3.8, 4) is 5.75 Å². The fourth-order valence-electron chi connectivity index (χ4n) is 1.76. The second kappa shape index (κ2) is 6.57. The van der Waals surface area contributed by atoms with Crippen LogP contribution in [0.2, 0.25) is 0 Å². The Kier molecular flexibility index (Phi) is 4.79. The Morgan fingerprint density at radius 1 is 1.20 bits per heavy atom. The van der Waals surface area contributed by atoms with Gasteiger partial charge in [-0.05, 0) is 49.7 Å². The van der Waals surface area contributed by atoms with Gasteiger partial charge >= 0.3 is 0 Å². The van der Waals surface area contributed by atoms with E-state index in [1.807, 2.05) is 55.5 Å². The highest BCUT2D eigenvalue weighted by molar-refractivity contribution is 9.10. The number of carbonyl (C=O) groups is 1. The molecule has 0 aromatic heterocycles. The highest BCUT2D eigenvalue weighted by Gasteiger charge is 2.14. The second-order valence-corrected chi connectivity index (χ2v) is 5.49. The zero-order valence-electron chi connectivity index (χ0n) is 11.4. The third-order valence-corrected chi connectivity index (χ3v) is 3.26. The van der Waals surface area contributed by atoms with Crippen LogP contribution in [0.25, 0.3) is 0 Å². The molecule has 2 rings (SSSR count). The van der Waals surface area contributed by atoms with Crippen LogP contribution in [0.1, 0.15) is 12.5 Å². The van der Waals surface area contributed by atoms with Gasteiger partial charge in [0, 0.05) is 10.2 Å². The van der Waals surface area contributed by atoms with Crippen molar-refractivity contribution < 1.29 is 9.53 Å². The average Bonchev–Trinajstić information content (AvgIpc) is 2.38. The molecule has 2 aromatic rings. The van der Waals surface area contributed by atoms with Crippen molar-refractivity contribution in [2.24, 2.45) is 0 Å². The van der Waals surface area contributed by atoms with Crippen LogP contribution in [0.15, 0.2) is 53.0 Å². The molecule has 1 N–H and O–H groups in total. The molecule has 0 aliphatic rings. The molecule has 0 fully saturated rings. The second-order valence-electron chi connectivity index (χ2n) is 4.58. The predicted octanol–water partition coefficient (Wildman–Crippen LogP) is 4.16. The van der Waals surface area contributed by atoms with Crippen LogP contribution < -0.4 is 10.1 Å². The minimum atomic E-state index is -0.565. The minimum absolute atomic E-state index is 0.171. The summed E-state index contributed by atoms with van der Waals surface area (Å²) in [6.45, 7) is 3.71. The molecule has 104 valence electrons. The maximum Gasteiger partial charge on any atom is 0.265 e. The molecule has 0 spiro atoms. The number of ether oxygens (including phenoxy) is 1. The van der Waals surface area contributed by atoms with Crippen LogP contribution in [0.4, 0.5) is 5.69 Å². The number of hydrogen-bond donors (Lipinski definition) is 1. The summed E-state index contributed by atoms with van der Waals surface area (Å²) in [7, 11) is 0. The SMILES string of the molecule is Cc1cccc(NC(=O)[C@@H](C)Oc2cccc(Br)c2)c1. The number of carbonyl (C=O) groups excluding carboxylic acids is 1. The molecular weight excluding hydrogens is 318 g/mol. The molecule has 0 bridgehead atoms. The Balaban J connectivity index is 1.98. The van der Waals surface area contributed by atoms with Crippen LogP contribution >= 0.6 is 15.9 Å².